The maximum Gasteiger partial charge on any atom is 0.240 e. The number of hydrogen-bond acceptors (Lipinski definition) is 5. The lowest BCUT2D eigenvalue weighted by molar-refractivity contribution is 0.0723. The van der Waals surface area contributed by atoms with E-state index in [1.54, 1.807) is 6.20 Å². The quantitative estimate of drug-likeness (QED) is 0.716. The summed E-state index contributed by atoms with van der Waals surface area (Å²) in [7, 11) is -3.51. The van der Waals surface area contributed by atoms with Crippen molar-refractivity contribution in [1.29, 1.82) is 0 Å². The lowest BCUT2D eigenvalue weighted by Gasteiger charge is -2.22. The molecule has 25 heavy (non-hydrogen) atoms. The fourth-order valence-corrected chi connectivity index (χ4v) is 5.57. The topological polar surface area (TPSA) is 74.1 Å². The molecule has 1 saturated heterocycles. The molecule has 0 atom stereocenters. The van der Waals surface area contributed by atoms with E-state index in [1.165, 1.54) is 3.97 Å². The zero-order chi connectivity index (χ0) is 17.4. The summed E-state index contributed by atoms with van der Waals surface area (Å²) in [5.41, 5.74) is 2.06. The van der Waals surface area contributed by atoms with Gasteiger partial charge in [0.1, 0.15) is 11.3 Å². The van der Waals surface area contributed by atoms with Crippen molar-refractivity contribution in [2.75, 3.05) is 19.0 Å². The molecule has 7 heteroatoms. The number of aryl methyl sites for hydroxylation is 1. The monoisotopic (exact) mass is 359 g/mol. The molecule has 0 saturated carbocycles. The van der Waals surface area contributed by atoms with Crippen molar-refractivity contribution in [3.63, 3.8) is 0 Å². The zero-order valence-corrected chi connectivity index (χ0v) is 15.0. The van der Waals surface area contributed by atoms with Crippen molar-refractivity contribution >= 4 is 32.0 Å². The van der Waals surface area contributed by atoms with Crippen LogP contribution in [0.2, 0.25) is 0 Å². The second-order valence-corrected chi connectivity index (χ2v) is 8.35. The molecule has 1 aliphatic heterocycles. The van der Waals surface area contributed by atoms with Crippen molar-refractivity contribution in [3.05, 3.63) is 36.3 Å². The Labute approximate surface area is 146 Å². The lowest BCUT2D eigenvalue weighted by atomic mass is 10.0. The molecule has 3 aromatic rings. The predicted octanol–water partition coefficient (Wildman–Crippen LogP) is 2.75. The van der Waals surface area contributed by atoms with E-state index >= 15 is 0 Å². The third-order valence-electron chi connectivity index (χ3n) is 4.80. The number of imidazole rings is 1. The summed E-state index contributed by atoms with van der Waals surface area (Å²) in [6.07, 6.45) is 3.79. The molecule has 132 valence electrons. The smallest absolute Gasteiger partial charge is 0.240 e. The average molecular weight is 359 g/mol. The number of benzene rings is 1. The van der Waals surface area contributed by atoms with Crippen LogP contribution in [0.25, 0.3) is 21.9 Å². The van der Waals surface area contributed by atoms with Crippen molar-refractivity contribution in [2.24, 2.45) is 5.92 Å². The van der Waals surface area contributed by atoms with E-state index < -0.39 is 10.0 Å². The Balaban J connectivity index is 1.91. The van der Waals surface area contributed by atoms with E-state index in [2.05, 4.69) is 9.97 Å². The molecule has 0 unspecified atom stereocenters. The van der Waals surface area contributed by atoms with E-state index in [1.807, 2.05) is 31.2 Å². The van der Waals surface area contributed by atoms with Gasteiger partial charge in [-0.15, -0.1) is 0 Å². The molecule has 3 heterocycles. The van der Waals surface area contributed by atoms with Gasteiger partial charge in [-0.3, -0.25) is 4.98 Å². The standard InChI is InChI=1S/C18H21N3O3S/c1-2-17-20-16-11-19-15-6-4-3-5-14(15)18(16)21(17)25(22,23)12-13-7-9-24-10-8-13/h3-6,11,13H,2,7-10,12H2,1H3. The minimum Gasteiger partial charge on any atom is -0.381 e. The molecule has 1 aromatic carbocycles. The van der Waals surface area contributed by atoms with Gasteiger partial charge in [0.2, 0.25) is 10.0 Å². The summed E-state index contributed by atoms with van der Waals surface area (Å²) in [6, 6.07) is 7.60. The Hall–Kier alpha value is -1.99. The number of nitrogens with zero attached hydrogens (tertiary/aromatic N) is 3. The summed E-state index contributed by atoms with van der Waals surface area (Å²) in [4.78, 5) is 8.95. The van der Waals surface area contributed by atoms with Crippen molar-refractivity contribution in [2.45, 2.75) is 26.2 Å². The van der Waals surface area contributed by atoms with Gasteiger partial charge in [-0.25, -0.2) is 17.4 Å². The van der Waals surface area contributed by atoms with Crippen LogP contribution in [0.4, 0.5) is 0 Å². The van der Waals surface area contributed by atoms with E-state index in [9.17, 15) is 8.42 Å². The number of aromatic nitrogens is 3. The Kier molecular flexibility index (Phi) is 4.21. The van der Waals surface area contributed by atoms with Crippen LogP contribution in [0.15, 0.2) is 30.5 Å². The van der Waals surface area contributed by atoms with Gasteiger partial charge in [0.15, 0.2) is 0 Å². The number of fused-ring (bicyclic) bond motifs is 3. The van der Waals surface area contributed by atoms with Gasteiger partial charge >= 0.3 is 0 Å². The van der Waals surface area contributed by atoms with Crippen LogP contribution in [-0.4, -0.2) is 41.3 Å². The largest absolute Gasteiger partial charge is 0.381 e. The second-order valence-electron chi connectivity index (χ2n) is 6.49. The summed E-state index contributed by atoms with van der Waals surface area (Å²) in [6.45, 7) is 3.20. The van der Waals surface area contributed by atoms with Crippen molar-refractivity contribution in [1.82, 2.24) is 13.9 Å². The number of rotatable bonds is 4. The van der Waals surface area contributed by atoms with Crippen LogP contribution in [0.5, 0.6) is 0 Å². The van der Waals surface area contributed by atoms with Crippen LogP contribution >= 0.6 is 0 Å². The Morgan fingerprint density at radius 3 is 2.72 bits per heavy atom. The molecule has 0 amide bonds. The Morgan fingerprint density at radius 1 is 1.20 bits per heavy atom. The highest BCUT2D eigenvalue weighted by Crippen LogP contribution is 2.28. The zero-order valence-electron chi connectivity index (χ0n) is 14.2. The Morgan fingerprint density at radius 2 is 1.96 bits per heavy atom. The molecule has 0 aliphatic carbocycles. The summed E-state index contributed by atoms with van der Waals surface area (Å²) >= 11 is 0. The van der Waals surface area contributed by atoms with Crippen LogP contribution in [-0.2, 0) is 21.2 Å². The van der Waals surface area contributed by atoms with Gasteiger partial charge in [0.25, 0.3) is 0 Å². The summed E-state index contributed by atoms with van der Waals surface area (Å²) < 4.78 is 33.3. The highest BCUT2D eigenvalue weighted by molar-refractivity contribution is 7.90. The van der Waals surface area contributed by atoms with Crippen molar-refractivity contribution < 1.29 is 13.2 Å². The Bertz CT molecular complexity index is 1020. The molecule has 6 nitrogen and oxygen atoms in total. The average Bonchev–Trinajstić information content (AvgIpc) is 3.02. The fourth-order valence-electron chi connectivity index (χ4n) is 3.53. The van der Waals surface area contributed by atoms with Gasteiger partial charge in [-0.05, 0) is 24.8 Å². The normalized spacial score (nSPS) is 16.7. The van der Waals surface area contributed by atoms with Gasteiger partial charge in [0.05, 0.1) is 23.0 Å². The molecule has 0 spiro atoms. The predicted molar refractivity (Wildman–Crippen MR) is 97.1 cm³/mol. The first-order chi connectivity index (χ1) is 12.1. The number of ether oxygens (including phenoxy) is 1. The highest BCUT2D eigenvalue weighted by atomic mass is 32.2. The van der Waals surface area contributed by atoms with Crippen LogP contribution in [0, 0.1) is 5.92 Å². The van der Waals surface area contributed by atoms with Crippen molar-refractivity contribution in [3.8, 4) is 0 Å². The maximum atomic E-state index is 13.3. The van der Waals surface area contributed by atoms with Crippen LogP contribution in [0.3, 0.4) is 0 Å². The maximum absolute atomic E-state index is 13.3. The molecular formula is C18H21N3O3S. The number of hydrogen-bond donors (Lipinski definition) is 0. The van der Waals surface area contributed by atoms with E-state index in [0.717, 1.165) is 23.7 Å². The van der Waals surface area contributed by atoms with Gasteiger partial charge in [-0.1, -0.05) is 25.1 Å². The highest BCUT2D eigenvalue weighted by Gasteiger charge is 2.27. The second kappa shape index (κ2) is 6.38. The summed E-state index contributed by atoms with van der Waals surface area (Å²) in [5.74, 6) is 0.833. The fraction of sp³-hybridized carbons (Fsp3) is 0.444. The van der Waals surface area contributed by atoms with Gasteiger partial charge < -0.3 is 4.74 Å². The van der Waals surface area contributed by atoms with Crippen LogP contribution in [0.1, 0.15) is 25.6 Å². The third kappa shape index (κ3) is 2.91. The lowest BCUT2D eigenvalue weighted by Crippen LogP contribution is -2.28. The first-order valence-corrected chi connectivity index (χ1v) is 10.3. The minimum absolute atomic E-state index is 0.130. The molecule has 1 aliphatic rings. The molecule has 1 fully saturated rings. The minimum atomic E-state index is -3.51. The van der Waals surface area contributed by atoms with E-state index in [0.29, 0.717) is 36.5 Å². The van der Waals surface area contributed by atoms with Gasteiger partial charge in [0, 0.05) is 25.0 Å². The molecule has 0 bridgehead atoms. The van der Waals surface area contributed by atoms with E-state index in [4.69, 9.17) is 4.74 Å². The number of para-hydroxylation sites is 1. The molecule has 4 rings (SSSR count). The molecular weight excluding hydrogens is 338 g/mol. The number of pyridine rings is 1. The summed E-state index contributed by atoms with van der Waals surface area (Å²) in [5, 5.41) is 0.822. The molecule has 0 radical (unpaired) electrons. The third-order valence-corrected chi connectivity index (χ3v) is 6.64. The molecule has 2 aromatic heterocycles. The van der Waals surface area contributed by atoms with E-state index in [-0.39, 0.29) is 11.7 Å². The SMILES string of the molecule is CCc1nc2cnc3ccccc3c2n1S(=O)(=O)CC1CCOCC1. The molecule has 0 N–H and O–H groups in total. The first-order valence-electron chi connectivity index (χ1n) is 8.66. The van der Waals surface area contributed by atoms with Gasteiger partial charge in [-0.2, -0.15) is 0 Å². The van der Waals surface area contributed by atoms with Crippen LogP contribution < -0.4 is 0 Å². The first kappa shape index (κ1) is 16.5.